The molecule has 0 spiro atoms. The molecule has 3 aromatic rings. The number of nitrogens with zero attached hydrogens (tertiary/aromatic N) is 1. The fourth-order valence-corrected chi connectivity index (χ4v) is 3.14. The summed E-state index contributed by atoms with van der Waals surface area (Å²) >= 11 is 1.53. The van der Waals surface area contributed by atoms with E-state index >= 15 is 0 Å². The predicted octanol–water partition coefficient (Wildman–Crippen LogP) is 3.64. The van der Waals surface area contributed by atoms with Gasteiger partial charge in [0.05, 0.1) is 22.3 Å². The Morgan fingerprint density at radius 3 is 3.00 bits per heavy atom. The van der Waals surface area contributed by atoms with Gasteiger partial charge in [-0.2, -0.15) is 0 Å². The molecule has 0 saturated heterocycles. The van der Waals surface area contributed by atoms with Crippen molar-refractivity contribution in [1.29, 1.82) is 0 Å². The zero-order valence-corrected chi connectivity index (χ0v) is 14.8. The van der Waals surface area contributed by atoms with Gasteiger partial charge < -0.3 is 14.8 Å². The lowest BCUT2D eigenvalue weighted by Gasteiger charge is -2.09. The van der Waals surface area contributed by atoms with Crippen molar-refractivity contribution in [3.8, 4) is 5.75 Å². The number of aromatic nitrogens is 1. The molecule has 1 heterocycles. The number of carbonyl (C=O) groups excluding carboxylic acids is 1. The second-order valence-electron chi connectivity index (χ2n) is 5.56. The first-order chi connectivity index (χ1) is 12.3. The van der Waals surface area contributed by atoms with E-state index in [-0.39, 0.29) is 5.91 Å². The first-order valence-electron chi connectivity index (χ1n) is 8.08. The van der Waals surface area contributed by atoms with Gasteiger partial charge in [0, 0.05) is 32.2 Å². The Morgan fingerprint density at radius 2 is 2.12 bits per heavy atom. The van der Waals surface area contributed by atoms with Crippen molar-refractivity contribution in [2.45, 2.75) is 13.0 Å². The third-order valence-corrected chi connectivity index (χ3v) is 4.50. The molecule has 0 fully saturated rings. The summed E-state index contributed by atoms with van der Waals surface area (Å²) in [5.74, 6) is 0.704. The number of rotatable bonds is 8. The van der Waals surface area contributed by atoms with Crippen LogP contribution in [0.4, 0.5) is 0 Å². The van der Waals surface area contributed by atoms with Crippen LogP contribution >= 0.6 is 11.3 Å². The topological polar surface area (TPSA) is 60.5 Å². The minimum Gasteiger partial charge on any atom is -0.493 e. The molecule has 130 valence electrons. The minimum atomic E-state index is -0.0956. The summed E-state index contributed by atoms with van der Waals surface area (Å²) in [4.78, 5) is 16.6. The van der Waals surface area contributed by atoms with E-state index < -0.39 is 0 Å². The molecule has 1 N–H and O–H groups in total. The van der Waals surface area contributed by atoms with Crippen LogP contribution in [0.1, 0.15) is 22.3 Å². The summed E-state index contributed by atoms with van der Waals surface area (Å²) < 4.78 is 11.7. The van der Waals surface area contributed by atoms with Crippen molar-refractivity contribution in [3.05, 3.63) is 59.1 Å². The van der Waals surface area contributed by atoms with Crippen LogP contribution in [0.15, 0.2) is 48.0 Å². The van der Waals surface area contributed by atoms with Crippen LogP contribution in [-0.2, 0) is 11.3 Å². The number of benzene rings is 2. The van der Waals surface area contributed by atoms with Gasteiger partial charge in [-0.3, -0.25) is 4.79 Å². The maximum atomic E-state index is 12.3. The Labute approximate surface area is 150 Å². The second kappa shape index (κ2) is 8.60. The van der Waals surface area contributed by atoms with E-state index in [9.17, 15) is 4.79 Å². The number of thiazole rings is 1. The highest BCUT2D eigenvalue weighted by Gasteiger charge is 2.07. The molecule has 25 heavy (non-hydrogen) atoms. The van der Waals surface area contributed by atoms with Gasteiger partial charge in [-0.15, -0.1) is 11.3 Å². The Kier molecular flexibility index (Phi) is 5.98. The van der Waals surface area contributed by atoms with Gasteiger partial charge in [0.25, 0.3) is 5.91 Å². The number of fused-ring (bicyclic) bond motifs is 1. The molecule has 0 aliphatic heterocycles. The summed E-state index contributed by atoms with van der Waals surface area (Å²) in [5, 5.41) is 2.95. The van der Waals surface area contributed by atoms with Crippen LogP contribution in [0.25, 0.3) is 10.2 Å². The van der Waals surface area contributed by atoms with Crippen molar-refractivity contribution in [2.24, 2.45) is 0 Å². The van der Waals surface area contributed by atoms with E-state index in [1.54, 1.807) is 18.7 Å². The number of ether oxygens (including phenoxy) is 2. The smallest absolute Gasteiger partial charge is 0.251 e. The van der Waals surface area contributed by atoms with Crippen LogP contribution in [-0.4, -0.2) is 31.2 Å². The summed E-state index contributed by atoms with van der Waals surface area (Å²) in [7, 11) is 1.68. The maximum Gasteiger partial charge on any atom is 0.251 e. The number of hydrogen-bond donors (Lipinski definition) is 1. The van der Waals surface area contributed by atoms with Crippen molar-refractivity contribution in [1.82, 2.24) is 10.3 Å². The van der Waals surface area contributed by atoms with Crippen molar-refractivity contribution in [3.63, 3.8) is 0 Å². The van der Waals surface area contributed by atoms with Crippen LogP contribution < -0.4 is 10.1 Å². The second-order valence-corrected chi connectivity index (χ2v) is 6.45. The van der Waals surface area contributed by atoms with Crippen LogP contribution in [0.2, 0.25) is 0 Å². The molecular formula is C19H20N2O3S. The summed E-state index contributed by atoms with van der Waals surface area (Å²) in [6.07, 6.45) is 0.845. The number of carbonyl (C=O) groups is 1. The van der Waals surface area contributed by atoms with E-state index in [0.29, 0.717) is 25.3 Å². The Balaban J connectivity index is 1.56. The average Bonchev–Trinajstić information content (AvgIpc) is 3.11. The third-order valence-electron chi connectivity index (χ3n) is 3.71. The van der Waals surface area contributed by atoms with Crippen molar-refractivity contribution < 1.29 is 14.3 Å². The summed E-state index contributed by atoms with van der Waals surface area (Å²) in [6, 6.07) is 13.3. The molecule has 0 aliphatic carbocycles. The highest BCUT2D eigenvalue weighted by atomic mass is 32.1. The standard InChI is InChI=1S/C19H20N2O3S/c1-23-8-3-9-24-16-5-2-4-14(10-16)12-20-19(22)15-6-7-17-18(11-15)25-13-21-17/h2,4-7,10-11,13H,3,8-9,12H2,1H3,(H,20,22). The van der Waals surface area contributed by atoms with Crippen LogP contribution in [0, 0.1) is 0 Å². The Hall–Kier alpha value is -2.44. The molecule has 5 nitrogen and oxygen atoms in total. The molecule has 0 radical (unpaired) electrons. The zero-order chi connectivity index (χ0) is 17.5. The van der Waals surface area contributed by atoms with Crippen LogP contribution in [0.5, 0.6) is 5.75 Å². The van der Waals surface area contributed by atoms with Crippen molar-refractivity contribution >= 4 is 27.5 Å². The molecule has 0 unspecified atom stereocenters. The molecule has 3 rings (SSSR count). The number of nitrogens with one attached hydrogen (secondary N) is 1. The lowest BCUT2D eigenvalue weighted by Crippen LogP contribution is -2.22. The number of methoxy groups -OCH3 is 1. The van der Waals surface area contributed by atoms with Crippen molar-refractivity contribution in [2.75, 3.05) is 20.3 Å². The zero-order valence-electron chi connectivity index (χ0n) is 14.0. The van der Waals surface area contributed by atoms with E-state index in [1.807, 2.05) is 36.4 Å². The number of amides is 1. The molecule has 2 aromatic carbocycles. The lowest BCUT2D eigenvalue weighted by molar-refractivity contribution is 0.0951. The third kappa shape index (κ3) is 4.78. The molecule has 0 aliphatic rings. The van der Waals surface area contributed by atoms with Gasteiger partial charge in [0.2, 0.25) is 0 Å². The first-order valence-corrected chi connectivity index (χ1v) is 8.96. The largest absolute Gasteiger partial charge is 0.493 e. The monoisotopic (exact) mass is 356 g/mol. The molecule has 6 heteroatoms. The van der Waals surface area contributed by atoms with Gasteiger partial charge >= 0.3 is 0 Å². The molecule has 0 saturated carbocycles. The van der Waals surface area contributed by atoms with Gasteiger partial charge in [-0.25, -0.2) is 4.98 Å². The van der Waals surface area contributed by atoms with E-state index in [2.05, 4.69) is 10.3 Å². The fourth-order valence-electron chi connectivity index (χ4n) is 2.42. The maximum absolute atomic E-state index is 12.3. The molecule has 1 aromatic heterocycles. The lowest BCUT2D eigenvalue weighted by atomic mass is 10.2. The molecule has 0 bridgehead atoms. The normalized spacial score (nSPS) is 10.8. The Bertz CT molecular complexity index is 847. The van der Waals surface area contributed by atoms with E-state index in [1.165, 1.54) is 11.3 Å². The molecular weight excluding hydrogens is 336 g/mol. The molecule has 1 amide bonds. The van der Waals surface area contributed by atoms with Gasteiger partial charge in [-0.05, 0) is 35.9 Å². The van der Waals surface area contributed by atoms with Crippen LogP contribution in [0.3, 0.4) is 0 Å². The highest BCUT2D eigenvalue weighted by Crippen LogP contribution is 2.19. The fraction of sp³-hybridized carbons (Fsp3) is 0.263. The molecule has 0 atom stereocenters. The van der Waals surface area contributed by atoms with Gasteiger partial charge in [0.1, 0.15) is 5.75 Å². The number of hydrogen-bond acceptors (Lipinski definition) is 5. The van der Waals surface area contributed by atoms with Gasteiger partial charge in [0.15, 0.2) is 0 Å². The quantitative estimate of drug-likeness (QED) is 0.626. The van der Waals surface area contributed by atoms with E-state index in [4.69, 9.17) is 9.47 Å². The Morgan fingerprint density at radius 1 is 1.20 bits per heavy atom. The highest BCUT2D eigenvalue weighted by molar-refractivity contribution is 7.16. The first kappa shape index (κ1) is 17.4. The minimum absolute atomic E-state index is 0.0956. The van der Waals surface area contributed by atoms with E-state index in [0.717, 1.165) is 28.0 Å². The predicted molar refractivity (Wildman–Crippen MR) is 99.2 cm³/mol. The SMILES string of the molecule is COCCCOc1cccc(CNC(=O)c2ccc3ncsc3c2)c1. The van der Waals surface area contributed by atoms with Gasteiger partial charge in [-0.1, -0.05) is 12.1 Å². The summed E-state index contributed by atoms with van der Waals surface area (Å²) in [6.45, 7) is 1.74. The summed E-state index contributed by atoms with van der Waals surface area (Å²) in [5.41, 5.74) is 4.34. The average molecular weight is 356 g/mol.